The zero-order chi connectivity index (χ0) is 10.4. The maximum absolute atomic E-state index is 5.43. The number of nitrogens with one attached hydrogen (secondary N) is 1. The Labute approximate surface area is 87.8 Å². The Kier molecular flexibility index (Phi) is 5.45. The van der Waals surface area contributed by atoms with Crippen LogP contribution in [0.4, 0.5) is 0 Å². The van der Waals surface area contributed by atoms with Gasteiger partial charge in [0.2, 0.25) is 0 Å². The van der Waals surface area contributed by atoms with Gasteiger partial charge in [0.05, 0.1) is 13.2 Å². The largest absolute Gasteiger partial charge is 0.379 e. The summed E-state index contributed by atoms with van der Waals surface area (Å²) in [6.45, 7) is 11.8. The van der Waals surface area contributed by atoms with Gasteiger partial charge in [-0.3, -0.25) is 0 Å². The fourth-order valence-corrected chi connectivity index (χ4v) is 1.91. The molecule has 14 heavy (non-hydrogen) atoms. The van der Waals surface area contributed by atoms with Gasteiger partial charge in [0.15, 0.2) is 0 Å². The van der Waals surface area contributed by atoms with E-state index in [0.717, 1.165) is 26.3 Å². The third kappa shape index (κ3) is 3.95. The molecule has 0 aromatic carbocycles. The smallest absolute Gasteiger partial charge is 0.0620 e. The standard InChI is InChI=1S/C11H24N2O/c1-4-13(10(2)3)7-5-11-9-14-8-6-12-11/h10-12H,4-9H2,1-3H3. The van der Waals surface area contributed by atoms with Crippen LogP contribution >= 0.6 is 0 Å². The maximum Gasteiger partial charge on any atom is 0.0620 e. The van der Waals surface area contributed by atoms with Crippen LogP contribution in [0.3, 0.4) is 0 Å². The average Bonchev–Trinajstić information content (AvgIpc) is 2.20. The summed E-state index contributed by atoms with van der Waals surface area (Å²) < 4.78 is 5.43. The van der Waals surface area contributed by atoms with Crippen molar-refractivity contribution < 1.29 is 4.74 Å². The quantitative estimate of drug-likeness (QED) is 0.719. The van der Waals surface area contributed by atoms with Crippen molar-refractivity contribution in [2.45, 2.75) is 39.3 Å². The van der Waals surface area contributed by atoms with E-state index in [-0.39, 0.29) is 0 Å². The molecule has 1 aliphatic heterocycles. The van der Waals surface area contributed by atoms with Crippen molar-refractivity contribution in [3.63, 3.8) is 0 Å². The lowest BCUT2D eigenvalue weighted by Crippen LogP contribution is -2.44. The normalized spacial score (nSPS) is 23.4. The number of hydrogen-bond donors (Lipinski definition) is 1. The van der Waals surface area contributed by atoms with Crippen LogP contribution < -0.4 is 5.32 Å². The Morgan fingerprint density at radius 3 is 2.79 bits per heavy atom. The predicted octanol–water partition coefficient (Wildman–Crippen LogP) is 1.10. The van der Waals surface area contributed by atoms with Gasteiger partial charge in [-0.25, -0.2) is 0 Å². The third-order valence-electron chi connectivity index (χ3n) is 2.90. The predicted molar refractivity (Wildman–Crippen MR) is 59.6 cm³/mol. The zero-order valence-corrected chi connectivity index (χ0v) is 9.75. The summed E-state index contributed by atoms with van der Waals surface area (Å²) >= 11 is 0. The van der Waals surface area contributed by atoms with E-state index in [9.17, 15) is 0 Å². The number of nitrogens with zero attached hydrogens (tertiary/aromatic N) is 1. The number of morpholine rings is 1. The van der Waals surface area contributed by atoms with Crippen molar-refractivity contribution in [3.05, 3.63) is 0 Å². The Bertz CT molecular complexity index is 144. The van der Waals surface area contributed by atoms with Gasteiger partial charge in [-0.2, -0.15) is 0 Å². The lowest BCUT2D eigenvalue weighted by Gasteiger charge is -2.29. The molecule has 1 heterocycles. The molecule has 0 aliphatic carbocycles. The van der Waals surface area contributed by atoms with Crippen LogP contribution in [0.25, 0.3) is 0 Å². The first-order valence-corrected chi connectivity index (χ1v) is 5.79. The van der Waals surface area contributed by atoms with E-state index in [2.05, 4.69) is 31.0 Å². The van der Waals surface area contributed by atoms with Gasteiger partial charge in [0, 0.05) is 18.6 Å². The second-order valence-electron chi connectivity index (χ2n) is 4.24. The highest BCUT2D eigenvalue weighted by Crippen LogP contribution is 2.03. The molecule has 84 valence electrons. The molecule has 0 saturated carbocycles. The van der Waals surface area contributed by atoms with E-state index >= 15 is 0 Å². The molecule has 1 rings (SSSR count). The zero-order valence-electron chi connectivity index (χ0n) is 9.75. The monoisotopic (exact) mass is 200 g/mol. The topological polar surface area (TPSA) is 24.5 Å². The molecule has 0 amide bonds. The van der Waals surface area contributed by atoms with Crippen LogP contribution in [-0.4, -0.2) is 49.8 Å². The molecule has 1 N–H and O–H groups in total. The van der Waals surface area contributed by atoms with Gasteiger partial charge in [-0.05, 0) is 33.4 Å². The average molecular weight is 200 g/mol. The first-order chi connectivity index (χ1) is 6.74. The lowest BCUT2D eigenvalue weighted by atomic mass is 10.1. The molecule has 3 nitrogen and oxygen atoms in total. The summed E-state index contributed by atoms with van der Waals surface area (Å²) in [5.41, 5.74) is 0. The van der Waals surface area contributed by atoms with E-state index in [4.69, 9.17) is 4.74 Å². The molecule has 0 radical (unpaired) electrons. The van der Waals surface area contributed by atoms with Crippen molar-refractivity contribution in [1.82, 2.24) is 10.2 Å². The van der Waals surface area contributed by atoms with Crippen molar-refractivity contribution in [3.8, 4) is 0 Å². The Hall–Kier alpha value is -0.120. The highest BCUT2D eigenvalue weighted by atomic mass is 16.5. The van der Waals surface area contributed by atoms with Gasteiger partial charge in [-0.1, -0.05) is 6.92 Å². The van der Waals surface area contributed by atoms with Gasteiger partial charge in [0.25, 0.3) is 0 Å². The summed E-state index contributed by atoms with van der Waals surface area (Å²) in [7, 11) is 0. The fraction of sp³-hybridized carbons (Fsp3) is 1.00. The Balaban J connectivity index is 2.16. The van der Waals surface area contributed by atoms with E-state index < -0.39 is 0 Å². The SMILES string of the molecule is CCN(CCC1COCCN1)C(C)C. The number of hydrogen-bond acceptors (Lipinski definition) is 3. The molecule has 1 unspecified atom stereocenters. The van der Waals surface area contributed by atoms with Gasteiger partial charge in [-0.15, -0.1) is 0 Å². The van der Waals surface area contributed by atoms with E-state index in [1.54, 1.807) is 0 Å². The van der Waals surface area contributed by atoms with Crippen LogP contribution in [-0.2, 0) is 4.74 Å². The molecule has 1 aliphatic rings. The van der Waals surface area contributed by atoms with Crippen LogP contribution in [0, 0.1) is 0 Å². The fourth-order valence-electron chi connectivity index (χ4n) is 1.91. The molecule has 0 bridgehead atoms. The molecular weight excluding hydrogens is 176 g/mol. The van der Waals surface area contributed by atoms with Crippen LogP contribution in [0.15, 0.2) is 0 Å². The van der Waals surface area contributed by atoms with E-state index in [1.807, 2.05) is 0 Å². The third-order valence-corrected chi connectivity index (χ3v) is 2.90. The van der Waals surface area contributed by atoms with Crippen molar-refractivity contribution in [2.75, 3.05) is 32.8 Å². The number of ether oxygens (including phenoxy) is 1. The second-order valence-corrected chi connectivity index (χ2v) is 4.24. The maximum atomic E-state index is 5.43. The molecule has 1 atom stereocenters. The molecule has 1 saturated heterocycles. The lowest BCUT2D eigenvalue weighted by molar-refractivity contribution is 0.0686. The molecule has 0 spiro atoms. The summed E-state index contributed by atoms with van der Waals surface area (Å²) in [5.74, 6) is 0. The molecule has 1 fully saturated rings. The van der Waals surface area contributed by atoms with E-state index in [1.165, 1.54) is 13.0 Å². The minimum Gasteiger partial charge on any atom is -0.379 e. The minimum atomic E-state index is 0.566. The highest BCUT2D eigenvalue weighted by molar-refractivity contribution is 4.72. The van der Waals surface area contributed by atoms with Crippen LogP contribution in [0.5, 0.6) is 0 Å². The Morgan fingerprint density at radius 2 is 2.29 bits per heavy atom. The highest BCUT2D eigenvalue weighted by Gasteiger charge is 2.14. The molecule has 3 heteroatoms. The molecule has 0 aromatic rings. The molecule has 0 aromatic heterocycles. The second kappa shape index (κ2) is 6.38. The van der Waals surface area contributed by atoms with Crippen molar-refractivity contribution in [2.24, 2.45) is 0 Å². The van der Waals surface area contributed by atoms with Crippen molar-refractivity contribution >= 4 is 0 Å². The van der Waals surface area contributed by atoms with Gasteiger partial charge >= 0.3 is 0 Å². The van der Waals surface area contributed by atoms with E-state index in [0.29, 0.717) is 12.1 Å². The molecular formula is C11H24N2O. The first-order valence-electron chi connectivity index (χ1n) is 5.79. The van der Waals surface area contributed by atoms with Crippen LogP contribution in [0.1, 0.15) is 27.2 Å². The summed E-state index contributed by atoms with van der Waals surface area (Å²) in [6.07, 6.45) is 1.20. The summed E-state index contributed by atoms with van der Waals surface area (Å²) in [6, 6.07) is 1.22. The number of rotatable bonds is 5. The van der Waals surface area contributed by atoms with Crippen LogP contribution in [0.2, 0.25) is 0 Å². The van der Waals surface area contributed by atoms with Gasteiger partial charge in [0.1, 0.15) is 0 Å². The first kappa shape index (κ1) is 12.0. The van der Waals surface area contributed by atoms with Gasteiger partial charge < -0.3 is 15.0 Å². The summed E-state index contributed by atoms with van der Waals surface area (Å²) in [5, 5.41) is 3.49. The van der Waals surface area contributed by atoms with Crippen molar-refractivity contribution in [1.29, 1.82) is 0 Å². The summed E-state index contributed by atoms with van der Waals surface area (Å²) in [4.78, 5) is 2.50. The Morgan fingerprint density at radius 1 is 1.50 bits per heavy atom. The minimum absolute atomic E-state index is 0.566.